The van der Waals surface area contributed by atoms with E-state index in [9.17, 15) is 0 Å². The Balaban J connectivity index is 0.988. The highest BCUT2D eigenvalue weighted by Crippen LogP contribution is 2.85. The number of allylic oxidation sites excluding steroid dienone is 4. The number of Topliss-reactive ketones (excluding diaryl/α,β-unsaturated/α-hetero) is 2. The van der Waals surface area contributed by atoms with Crippen molar-refractivity contribution in [3.05, 3.63) is 321 Å². The van der Waals surface area contributed by atoms with Crippen LogP contribution in [0.4, 0.5) is 0 Å². The van der Waals surface area contributed by atoms with Gasteiger partial charge < -0.3 is 9.47 Å². The van der Waals surface area contributed by atoms with Crippen molar-refractivity contribution in [2.45, 2.75) is 124 Å². The summed E-state index contributed by atoms with van der Waals surface area (Å²) in [6.45, 7) is 4.61. The Labute approximate surface area is 518 Å². The minimum absolute atomic E-state index is 0.238. The van der Waals surface area contributed by atoms with E-state index in [0.29, 0.717) is 0 Å². The number of ketones is 2. The molecule has 12 atom stereocenters. The number of rotatable bonds is 18. The van der Waals surface area contributed by atoms with Gasteiger partial charge in [-0.1, -0.05) is 295 Å². The zero-order chi connectivity index (χ0) is 58.9. The Bertz CT molecular complexity index is 3720. The summed E-state index contributed by atoms with van der Waals surface area (Å²) in [5.41, 5.74) is 16.7. The molecule has 12 unspecified atom stereocenters. The molecule has 0 N–H and O–H groups in total. The normalized spacial score (nSPS) is 29.5. The first-order valence-electron chi connectivity index (χ1n) is 33.1. The van der Waals surface area contributed by atoms with Gasteiger partial charge in [-0.25, -0.2) is 0 Å². The molecule has 0 spiro atoms. The van der Waals surface area contributed by atoms with Crippen molar-refractivity contribution < 1.29 is 19.1 Å². The Hall–Kier alpha value is -8.28. The summed E-state index contributed by atoms with van der Waals surface area (Å²) in [4.78, 5) is 35.5. The summed E-state index contributed by atoms with van der Waals surface area (Å²) < 4.78 is 16.4. The van der Waals surface area contributed by atoms with Gasteiger partial charge in [0.25, 0.3) is 0 Å². The summed E-state index contributed by atoms with van der Waals surface area (Å²) in [6, 6.07) is 87.2. The van der Waals surface area contributed by atoms with Crippen molar-refractivity contribution >= 4 is 33.9 Å². The average Bonchev–Trinajstić information content (AvgIpc) is 1.45. The molecule has 4 aliphatic heterocycles. The molecule has 0 aromatic heterocycles. The molecule has 0 amide bonds. The van der Waals surface area contributed by atoms with E-state index in [1.165, 1.54) is 33.4 Å². The number of hydrogen-bond donors (Lipinski definition) is 0. The number of hydrogen-bond acceptors (Lipinski definition) is 4. The SMILES string of the molecule is CCCCCCc1c2c(c(CCCCCC)c3c1C1OC3C3C1C1(c4ccccc4)C(=O)C3(c3ccccc3)C(c3ccccc3)=C1c1ccccc1)C1OC2C2C1C1(c3ccccc3)C(=O)C2(c2ccccc2)C(c2ccccc2)=C1c1ccccc1. The fourth-order valence-electron chi connectivity index (χ4n) is 20.3. The molecule has 9 aromatic carbocycles. The molecule has 0 radical (unpaired) electrons. The molecule has 88 heavy (non-hydrogen) atoms. The van der Waals surface area contributed by atoms with E-state index in [-0.39, 0.29) is 35.2 Å². The smallest absolute Gasteiger partial charge is 0.163 e. The van der Waals surface area contributed by atoms with Crippen LogP contribution in [0, 0.1) is 23.7 Å². The van der Waals surface area contributed by atoms with E-state index in [4.69, 9.17) is 9.47 Å². The van der Waals surface area contributed by atoms with Gasteiger partial charge in [-0.05, 0) is 126 Å². The van der Waals surface area contributed by atoms with Crippen LogP contribution in [0.2, 0.25) is 0 Å². The minimum Gasteiger partial charge on any atom is -0.365 e. The van der Waals surface area contributed by atoms with Gasteiger partial charge in [0.2, 0.25) is 0 Å². The van der Waals surface area contributed by atoms with Crippen molar-refractivity contribution in [3.63, 3.8) is 0 Å². The number of benzene rings is 9. The van der Waals surface area contributed by atoms with Crippen molar-refractivity contribution in [3.8, 4) is 0 Å². The van der Waals surface area contributed by atoms with Gasteiger partial charge in [-0.3, -0.25) is 9.59 Å². The zero-order valence-electron chi connectivity index (χ0n) is 50.4. The Morgan fingerprint density at radius 3 is 0.716 bits per heavy atom. The molecule has 4 fully saturated rings. The van der Waals surface area contributed by atoms with Gasteiger partial charge >= 0.3 is 0 Å². The van der Waals surface area contributed by atoms with E-state index in [1.54, 1.807) is 0 Å². The maximum absolute atomic E-state index is 17.8. The molecular formula is C84H74O4. The Morgan fingerprint density at radius 2 is 0.500 bits per heavy atom. The second-order valence-electron chi connectivity index (χ2n) is 26.6. The number of unbranched alkanes of at least 4 members (excludes halogenated alkanes) is 6. The first kappa shape index (κ1) is 53.9. The van der Waals surface area contributed by atoms with Crippen molar-refractivity contribution in [2.24, 2.45) is 23.7 Å². The van der Waals surface area contributed by atoms with E-state index in [1.807, 2.05) is 0 Å². The van der Waals surface area contributed by atoms with Crippen LogP contribution < -0.4 is 0 Å². The fourth-order valence-corrected chi connectivity index (χ4v) is 20.3. The van der Waals surface area contributed by atoms with Gasteiger partial charge in [-0.2, -0.15) is 0 Å². The largest absolute Gasteiger partial charge is 0.365 e. The molecule has 4 aliphatic carbocycles. The molecule has 4 heterocycles. The number of carbonyl (C=O) groups is 2. The summed E-state index contributed by atoms with van der Waals surface area (Å²) >= 11 is 0. The van der Waals surface area contributed by atoms with Crippen LogP contribution in [0.3, 0.4) is 0 Å². The predicted octanol–water partition coefficient (Wildman–Crippen LogP) is 18.8. The lowest BCUT2D eigenvalue weighted by Gasteiger charge is -2.48. The minimum atomic E-state index is -1.08. The first-order valence-corrected chi connectivity index (χ1v) is 33.1. The molecule has 2 saturated carbocycles. The highest BCUT2D eigenvalue weighted by molar-refractivity contribution is 6.31. The molecule has 17 rings (SSSR count). The summed E-state index contributed by atoms with van der Waals surface area (Å²) in [6.07, 6.45) is 8.99. The number of carbonyl (C=O) groups excluding carboxylic acids is 2. The van der Waals surface area contributed by atoms with Crippen molar-refractivity contribution in [2.75, 3.05) is 0 Å². The van der Waals surface area contributed by atoms with Crippen LogP contribution >= 0.6 is 0 Å². The van der Waals surface area contributed by atoms with E-state index >= 15 is 9.59 Å². The lowest BCUT2D eigenvalue weighted by atomic mass is 9.51. The van der Waals surface area contributed by atoms with Gasteiger partial charge in [0, 0.05) is 23.7 Å². The molecular weight excluding hydrogens is 1070 g/mol. The second kappa shape index (κ2) is 20.7. The highest BCUT2D eigenvalue weighted by Gasteiger charge is 2.85. The topological polar surface area (TPSA) is 52.6 Å². The van der Waals surface area contributed by atoms with Crippen molar-refractivity contribution in [1.82, 2.24) is 0 Å². The third-order valence-corrected chi connectivity index (χ3v) is 22.9. The third-order valence-electron chi connectivity index (χ3n) is 22.9. The summed E-state index contributed by atoms with van der Waals surface area (Å²) in [5.74, 6) is -0.410. The van der Waals surface area contributed by atoms with Gasteiger partial charge in [0.15, 0.2) is 11.6 Å². The summed E-state index contributed by atoms with van der Waals surface area (Å²) in [5, 5.41) is 0. The Morgan fingerprint density at radius 1 is 0.284 bits per heavy atom. The summed E-state index contributed by atoms with van der Waals surface area (Å²) in [7, 11) is 0. The van der Waals surface area contributed by atoms with E-state index < -0.39 is 46.1 Å². The standard InChI is InChI=1S/C84H74O4/c1-3-5-7-33-51-61-63-65(77-73-71(75(63)87-77)81(57-43-25-13-26-44-57)67(53-35-17-9-18-36-53)69(55-39-21-11-22-40-55)83(73,79(81)85)59-47-29-15-30-48-59)62(52-34-8-6-4-2)66-64(61)76-72-74(78(66)88-76)84(60-49-31-16-32-50-60)70(56-41-23-12-24-42-56)68(54-37-19-10-20-38-54)82(72,80(84)86)58-45-27-14-28-46-58/h9-32,35-50,71-78H,3-8,33-34,51-52H2,1-2H3. The lowest BCUT2D eigenvalue weighted by Crippen LogP contribution is -2.44. The van der Waals surface area contributed by atoms with Crippen molar-refractivity contribution in [1.29, 1.82) is 0 Å². The van der Waals surface area contributed by atoms with Crippen LogP contribution in [-0.4, -0.2) is 11.6 Å². The maximum Gasteiger partial charge on any atom is 0.163 e. The van der Waals surface area contributed by atoms with Gasteiger partial charge in [0.1, 0.15) is 0 Å². The van der Waals surface area contributed by atoms with Gasteiger partial charge in [0.05, 0.1) is 46.1 Å². The molecule has 2 saturated heterocycles. The molecule has 8 aliphatic rings. The van der Waals surface area contributed by atoms with Crippen LogP contribution in [0.15, 0.2) is 243 Å². The first-order chi connectivity index (χ1) is 43.5. The average molecular weight is 1150 g/mol. The maximum atomic E-state index is 17.8. The molecule has 434 valence electrons. The van der Waals surface area contributed by atoms with Crippen LogP contribution in [0.1, 0.15) is 168 Å². The van der Waals surface area contributed by atoms with Gasteiger partial charge in [-0.15, -0.1) is 0 Å². The fraction of sp³-hybridized carbons (Fsp3) is 0.286. The molecule has 4 nitrogen and oxygen atoms in total. The second-order valence-corrected chi connectivity index (χ2v) is 26.6. The van der Waals surface area contributed by atoms with Crippen LogP contribution in [-0.2, 0) is 53.6 Å². The third kappa shape index (κ3) is 6.78. The number of fused-ring (bicyclic) bond motifs is 24. The number of ether oxygens (including phenoxy) is 2. The van der Waals surface area contributed by atoms with Crippen LogP contribution in [0.25, 0.3) is 22.3 Å². The predicted molar refractivity (Wildman–Crippen MR) is 351 cm³/mol. The lowest BCUT2D eigenvalue weighted by molar-refractivity contribution is -0.126. The molecule has 4 heteroatoms. The van der Waals surface area contributed by atoms with E-state index in [0.717, 1.165) is 131 Å². The quantitative estimate of drug-likeness (QED) is 0.0804. The molecule has 8 bridgehead atoms. The molecule has 9 aromatic rings. The monoisotopic (exact) mass is 1150 g/mol. The van der Waals surface area contributed by atoms with E-state index in [2.05, 4.69) is 257 Å². The highest BCUT2D eigenvalue weighted by atomic mass is 16.5. The van der Waals surface area contributed by atoms with Crippen LogP contribution in [0.5, 0.6) is 0 Å². The zero-order valence-corrected chi connectivity index (χ0v) is 50.4. The Kier molecular flexibility index (Phi) is 12.7.